The summed E-state index contributed by atoms with van der Waals surface area (Å²) in [5.41, 5.74) is 0.486. The fourth-order valence-electron chi connectivity index (χ4n) is 1.61. The van der Waals surface area contributed by atoms with Gasteiger partial charge in [-0.2, -0.15) is 0 Å². The quantitative estimate of drug-likeness (QED) is 0.620. The molecule has 0 radical (unpaired) electrons. The smallest absolute Gasteiger partial charge is 0.191 e. The van der Waals surface area contributed by atoms with Gasteiger partial charge in [-0.25, -0.2) is 4.39 Å². The molecule has 6 heteroatoms. The Morgan fingerprint density at radius 1 is 1.47 bits per heavy atom. The van der Waals surface area contributed by atoms with Crippen molar-refractivity contribution in [2.45, 2.75) is 24.4 Å². The highest BCUT2D eigenvalue weighted by Crippen LogP contribution is 2.27. The van der Waals surface area contributed by atoms with Gasteiger partial charge >= 0.3 is 0 Å². The van der Waals surface area contributed by atoms with Crippen molar-refractivity contribution in [3.8, 4) is 0 Å². The molecule has 1 aromatic heterocycles. The molecule has 0 aliphatic rings. The number of halogens is 2. The van der Waals surface area contributed by atoms with Crippen LogP contribution in [0, 0.1) is 12.7 Å². The van der Waals surface area contributed by atoms with E-state index in [0.29, 0.717) is 22.9 Å². The van der Waals surface area contributed by atoms with Gasteiger partial charge in [0.2, 0.25) is 0 Å². The minimum Gasteiger partial charge on any atom is -0.302 e. The first-order chi connectivity index (χ1) is 9.13. The van der Waals surface area contributed by atoms with Crippen LogP contribution in [0.3, 0.4) is 0 Å². The number of nitrogens with zero attached hydrogens (tertiary/aromatic N) is 3. The van der Waals surface area contributed by atoms with Gasteiger partial charge in [0.25, 0.3) is 0 Å². The topological polar surface area (TPSA) is 30.7 Å². The van der Waals surface area contributed by atoms with Crippen LogP contribution in [0.1, 0.15) is 11.4 Å². The highest BCUT2D eigenvalue weighted by Gasteiger charge is 2.12. The molecule has 1 aromatic carbocycles. The summed E-state index contributed by atoms with van der Waals surface area (Å²) in [5, 5.41) is 9.24. The standard InChI is InChI=1S/C13H13ClFN3S/c1-3-7-18-9(2)16-17-13(18)19-8-10-11(14)5-4-6-12(10)15/h3-6H,1,7-8H2,2H3. The predicted molar refractivity (Wildman–Crippen MR) is 75.9 cm³/mol. The van der Waals surface area contributed by atoms with Crippen LogP contribution in [0.5, 0.6) is 0 Å². The summed E-state index contributed by atoms with van der Waals surface area (Å²) < 4.78 is 15.6. The third-order valence-electron chi connectivity index (χ3n) is 2.62. The van der Waals surface area contributed by atoms with Gasteiger partial charge in [0, 0.05) is 22.9 Å². The van der Waals surface area contributed by atoms with E-state index < -0.39 is 0 Å². The molecule has 0 N–H and O–H groups in total. The zero-order valence-electron chi connectivity index (χ0n) is 10.4. The van der Waals surface area contributed by atoms with Crippen LogP contribution < -0.4 is 0 Å². The van der Waals surface area contributed by atoms with Gasteiger partial charge in [-0.05, 0) is 19.1 Å². The third kappa shape index (κ3) is 3.16. The van der Waals surface area contributed by atoms with E-state index in [2.05, 4.69) is 16.8 Å². The summed E-state index contributed by atoms with van der Waals surface area (Å²) in [6.45, 7) is 6.20. The third-order valence-corrected chi connectivity index (χ3v) is 3.97. The van der Waals surface area contributed by atoms with Crippen molar-refractivity contribution >= 4 is 23.4 Å². The average Bonchev–Trinajstić information content (AvgIpc) is 2.71. The minimum atomic E-state index is -0.300. The van der Waals surface area contributed by atoms with Gasteiger partial charge < -0.3 is 4.57 Å². The molecule has 0 aliphatic carbocycles. The lowest BCUT2D eigenvalue weighted by molar-refractivity contribution is 0.617. The van der Waals surface area contributed by atoms with Crippen molar-refractivity contribution in [2.75, 3.05) is 0 Å². The Kier molecular flexibility index (Phi) is 4.61. The van der Waals surface area contributed by atoms with Crippen molar-refractivity contribution in [1.29, 1.82) is 0 Å². The molecule has 2 rings (SSSR count). The summed E-state index contributed by atoms with van der Waals surface area (Å²) >= 11 is 7.40. The maximum absolute atomic E-state index is 13.7. The first-order valence-corrected chi connectivity index (χ1v) is 7.06. The molecule has 0 aliphatic heterocycles. The number of hydrogen-bond donors (Lipinski definition) is 0. The molecule has 100 valence electrons. The molecule has 0 bridgehead atoms. The maximum atomic E-state index is 13.7. The van der Waals surface area contributed by atoms with Gasteiger partial charge in [-0.15, -0.1) is 16.8 Å². The second kappa shape index (κ2) is 6.21. The number of hydrogen-bond acceptors (Lipinski definition) is 3. The van der Waals surface area contributed by atoms with Crippen LogP contribution in [0.4, 0.5) is 4.39 Å². The second-order valence-electron chi connectivity index (χ2n) is 3.92. The molecule has 0 fully saturated rings. The lowest BCUT2D eigenvalue weighted by atomic mass is 10.2. The molecule has 2 aromatic rings. The minimum absolute atomic E-state index is 0.300. The van der Waals surface area contributed by atoms with E-state index in [-0.39, 0.29) is 5.82 Å². The number of thioether (sulfide) groups is 1. The molecule has 0 spiro atoms. The van der Waals surface area contributed by atoms with Crippen LogP contribution in [0.15, 0.2) is 36.0 Å². The molecule has 3 nitrogen and oxygen atoms in total. The van der Waals surface area contributed by atoms with E-state index in [1.807, 2.05) is 11.5 Å². The van der Waals surface area contributed by atoms with E-state index >= 15 is 0 Å². The Hall–Kier alpha value is -1.33. The number of benzene rings is 1. The van der Waals surface area contributed by atoms with Crippen molar-refractivity contribution in [2.24, 2.45) is 0 Å². The zero-order valence-corrected chi connectivity index (χ0v) is 12.0. The van der Waals surface area contributed by atoms with Crippen molar-refractivity contribution < 1.29 is 4.39 Å². The molecule has 0 atom stereocenters. The number of allylic oxidation sites excluding steroid dienone is 1. The second-order valence-corrected chi connectivity index (χ2v) is 5.27. The summed E-state index contributed by atoms with van der Waals surface area (Å²) in [6, 6.07) is 4.68. The zero-order chi connectivity index (χ0) is 13.8. The Bertz CT molecular complexity index is 577. The number of aryl methyl sites for hydroxylation is 1. The molecular formula is C13H13ClFN3S. The van der Waals surface area contributed by atoms with E-state index in [1.54, 1.807) is 18.2 Å². The van der Waals surface area contributed by atoms with Crippen molar-refractivity contribution in [1.82, 2.24) is 14.8 Å². The maximum Gasteiger partial charge on any atom is 0.191 e. The number of rotatable bonds is 5. The fourth-order valence-corrected chi connectivity index (χ4v) is 2.95. The van der Waals surface area contributed by atoms with Gasteiger partial charge in [0.05, 0.1) is 0 Å². The first kappa shape index (κ1) is 14.1. The highest BCUT2D eigenvalue weighted by molar-refractivity contribution is 7.98. The molecule has 0 amide bonds. The van der Waals surface area contributed by atoms with Crippen molar-refractivity contribution in [3.63, 3.8) is 0 Å². The van der Waals surface area contributed by atoms with Gasteiger partial charge in [-0.3, -0.25) is 0 Å². The monoisotopic (exact) mass is 297 g/mol. The molecule has 19 heavy (non-hydrogen) atoms. The van der Waals surface area contributed by atoms with E-state index in [1.165, 1.54) is 17.8 Å². The van der Waals surface area contributed by atoms with Crippen LogP contribution >= 0.6 is 23.4 Å². The Morgan fingerprint density at radius 3 is 2.95 bits per heavy atom. The summed E-state index contributed by atoms with van der Waals surface area (Å²) in [6.07, 6.45) is 1.77. The molecule has 0 saturated heterocycles. The fraction of sp³-hybridized carbons (Fsp3) is 0.231. The van der Waals surface area contributed by atoms with Gasteiger partial charge in [-0.1, -0.05) is 35.5 Å². The summed E-state index contributed by atoms with van der Waals surface area (Å²) in [4.78, 5) is 0. The summed E-state index contributed by atoms with van der Waals surface area (Å²) in [5.74, 6) is 0.925. The highest BCUT2D eigenvalue weighted by atomic mass is 35.5. The Balaban J connectivity index is 2.17. The van der Waals surface area contributed by atoms with Crippen molar-refractivity contribution in [3.05, 3.63) is 53.1 Å². The first-order valence-electron chi connectivity index (χ1n) is 5.70. The molecule has 0 unspecified atom stereocenters. The van der Waals surface area contributed by atoms with E-state index in [9.17, 15) is 4.39 Å². The van der Waals surface area contributed by atoms with E-state index in [0.717, 1.165) is 11.0 Å². The number of aromatic nitrogens is 3. The van der Waals surface area contributed by atoms with Crippen LogP contribution in [0.2, 0.25) is 5.02 Å². The van der Waals surface area contributed by atoms with E-state index in [4.69, 9.17) is 11.6 Å². The lowest BCUT2D eigenvalue weighted by Crippen LogP contribution is -2.00. The van der Waals surface area contributed by atoms with Crippen LogP contribution in [-0.2, 0) is 12.3 Å². The van der Waals surface area contributed by atoms with Crippen LogP contribution in [-0.4, -0.2) is 14.8 Å². The normalized spacial score (nSPS) is 10.7. The van der Waals surface area contributed by atoms with Gasteiger partial charge in [0.15, 0.2) is 5.16 Å². The predicted octanol–water partition coefficient (Wildman–Crippen LogP) is 3.86. The Labute approximate surface area is 120 Å². The largest absolute Gasteiger partial charge is 0.302 e. The molecular weight excluding hydrogens is 285 g/mol. The Morgan fingerprint density at radius 2 is 2.26 bits per heavy atom. The van der Waals surface area contributed by atoms with Gasteiger partial charge in [0.1, 0.15) is 11.6 Å². The van der Waals surface area contributed by atoms with Crippen LogP contribution in [0.25, 0.3) is 0 Å². The molecule has 1 heterocycles. The SMILES string of the molecule is C=CCn1c(C)nnc1SCc1c(F)cccc1Cl. The summed E-state index contributed by atoms with van der Waals surface area (Å²) in [7, 11) is 0. The average molecular weight is 298 g/mol. The molecule has 0 saturated carbocycles. The lowest BCUT2D eigenvalue weighted by Gasteiger charge is -2.07.